The molecule has 3 atom stereocenters. The molecule has 1 fully saturated rings. The molecule has 0 spiro atoms. The van der Waals surface area contributed by atoms with E-state index in [4.69, 9.17) is 0 Å². The second-order valence-corrected chi connectivity index (χ2v) is 9.17. The molecule has 1 aliphatic rings. The minimum atomic E-state index is -0.0943. The molecule has 100 valence electrons. The average molecular weight is 311 g/mol. The molecule has 1 N–H and O–H groups in total. The van der Waals surface area contributed by atoms with Crippen molar-refractivity contribution in [1.82, 2.24) is 0 Å². The van der Waals surface area contributed by atoms with E-state index < -0.39 is 0 Å². The van der Waals surface area contributed by atoms with Gasteiger partial charge in [0.15, 0.2) is 0 Å². The van der Waals surface area contributed by atoms with Crippen LogP contribution in [0.25, 0.3) is 0 Å². The fourth-order valence-corrected chi connectivity index (χ4v) is 5.21. The summed E-state index contributed by atoms with van der Waals surface area (Å²) in [5.74, 6) is 0.676. The quantitative estimate of drug-likeness (QED) is 0.833. The van der Waals surface area contributed by atoms with Gasteiger partial charge in [0.2, 0.25) is 0 Å². The Balaban J connectivity index is 1.94. The summed E-state index contributed by atoms with van der Waals surface area (Å²) in [6.45, 7) is 6.90. The van der Waals surface area contributed by atoms with Crippen LogP contribution in [-0.4, -0.2) is 26.2 Å². The van der Waals surface area contributed by atoms with Crippen molar-refractivity contribution in [3.63, 3.8) is 0 Å². The summed E-state index contributed by atoms with van der Waals surface area (Å²) >= 11 is 0.420. The monoisotopic (exact) mass is 312 g/mol. The van der Waals surface area contributed by atoms with Gasteiger partial charge in [-0.3, -0.25) is 0 Å². The van der Waals surface area contributed by atoms with Crippen molar-refractivity contribution < 1.29 is 5.11 Å². The van der Waals surface area contributed by atoms with E-state index in [0.717, 1.165) is 6.42 Å². The Morgan fingerprint density at radius 2 is 1.78 bits per heavy atom. The maximum atomic E-state index is 10.4. The summed E-state index contributed by atoms with van der Waals surface area (Å²) in [7, 11) is 0. The van der Waals surface area contributed by atoms with Gasteiger partial charge in [-0.1, -0.05) is 0 Å². The molecule has 0 heterocycles. The number of aliphatic hydroxyl groups excluding tert-OH is 1. The van der Waals surface area contributed by atoms with E-state index in [1.165, 1.54) is 17.3 Å². The van der Waals surface area contributed by atoms with Crippen LogP contribution in [0.2, 0.25) is 4.82 Å². The van der Waals surface area contributed by atoms with E-state index >= 15 is 0 Å². The van der Waals surface area contributed by atoms with Crippen LogP contribution in [0.5, 0.6) is 0 Å². The Labute approximate surface area is 117 Å². The molecule has 1 aromatic carbocycles. The fraction of sp³-hybridized carbons (Fsp3) is 0.625. The Morgan fingerprint density at radius 1 is 1.11 bits per heavy atom. The van der Waals surface area contributed by atoms with Gasteiger partial charge in [-0.2, -0.15) is 0 Å². The fourth-order valence-electron chi connectivity index (χ4n) is 2.72. The van der Waals surface area contributed by atoms with Crippen LogP contribution >= 0.6 is 0 Å². The Bertz CT molecular complexity index is 368. The van der Waals surface area contributed by atoms with Crippen LogP contribution in [0.4, 0.5) is 0 Å². The predicted molar refractivity (Wildman–Crippen MR) is 78.4 cm³/mol. The zero-order valence-corrected chi connectivity index (χ0v) is 13.3. The molecule has 0 aliphatic heterocycles. The molecule has 2 rings (SSSR count). The maximum absolute atomic E-state index is 10.4. The number of hydrogen-bond acceptors (Lipinski definition) is 1. The molecule has 18 heavy (non-hydrogen) atoms. The van der Waals surface area contributed by atoms with Crippen LogP contribution in [0.15, 0.2) is 30.3 Å². The summed E-state index contributed by atoms with van der Waals surface area (Å²) in [5, 5.41) is 10.4. The summed E-state index contributed by atoms with van der Waals surface area (Å²) in [6, 6.07) is 10.7. The van der Waals surface area contributed by atoms with Gasteiger partial charge in [-0.15, -0.1) is 0 Å². The molecule has 0 saturated heterocycles. The molecular formula is C16H24OSe. The Kier molecular flexibility index (Phi) is 4.53. The summed E-state index contributed by atoms with van der Waals surface area (Å²) in [6.07, 6.45) is 3.36. The molecule has 0 unspecified atom stereocenters. The first-order chi connectivity index (χ1) is 8.47. The standard InChI is InChI=1S/C16H24OSe/c1-16(2,3)12-9-10-15(14(17)11-12)18-13-7-5-4-6-8-13/h4-8,12,14-15,17H,9-11H2,1-3H3/t12-,14+,15+/m0/s1. The molecule has 1 saturated carbocycles. The SMILES string of the molecule is CC(C)(C)[C@H]1CC[C@@H]([Se]c2ccccc2)[C@H](O)C1. The van der Waals surface area contributed by atoms with Crippen LogP contribution in [0.1, 0.15) is 40.0 Å². The number of hydrogen-bond donors (Lipinski definition) is 1. The molecule has 1 aromatic rings. The normalized spacial score (nSPS) is 29.2. The number of rotatable bonds is 2. The molecule has 1 aliphatic carbocycles. The molecule has 0 aromatic heterocycles. The van der Waals surface area contributed by atoms with E-state index in [-0.39, 0.29) is 6.10 Å². The van der Waals surface area contributed by atoms with Gasteiger partial charge in [0.1, 0.15) is 0 Å². The van der Waals surface area contributed by atoms with Gasteiger partial charge >= 0.3 is 117 Å². The molecule has 0 bridgehead atoms. The van der Waals surface area contributed by atoms with Crippen LogP contribution in [-0.2, 0) is 0 Å². The van der Waals surface area contributed by atoms with Crippen LogP contribution < -0.4 is 4.46 Å². The van der Waals surface area contributed by atoms with Crippen molar-refractivity contribution in [3.8, 4) is 0 Å². The molecule has 2 heteroatoms. The van der Waals surface area contributed by atoms with E-state index in [1.54, 1.807) is 0 Å². The minimum absolute atomic E-state index is 0.0943. The van der Waals surface area contributed by atoms with Gasteiger partial charge in [-0.05, 0) is 0 Å². The molecule has 1 nitrogen and oxygen atoms in total. The third-order valence-corrected chi connectivity index (χ3v) is 6.94. The molecular weight excluding hydrogens is 287 g/mol. The number of benzene rings is 1. The van der Waals surface area contributed by atoms with Crippen LogP contribution in [0.3, 0.4) is 0 Å². The predicted octanol–water partition coefficient (Wildman–Crippen LogP) is 3.01. The Morgan fingerprint density at radius 3 is 2.33 bits per heavy atom. The summed E-state index contributed by atoms with van der Waals surface area (Å²) in [5.41, 5.74) is 0.339. The second kappa shape index (κ2) is 5.77. The van der Waals surface area contributed by atoms with Crippen molar-refractivity contribution in [3.05, 3.63) is 30.3 Å². The van der Waals surface area contributed by atoms with E-state index in [2.05, 4.69) is 51.1 Å². The van der Waals surface area contributed by atoms with E-state index in [0.29, 0.717) is 31.1 Å². The van der Waals surface area contributed by atoms with Gasteiger partial charge in [0.05, 0.1) is 0 Å². The Hall–Kier alpha value is -0.301. The van der Waals surface area contributed by atoms with E-state index in [9.17, 15) is 5.11 Å². The van der Waals surface area contributed by atoms with Crippen LogP contribution in [0, 0.1) is 11.3 Å². The topological polar surface area (TPSA) is 20.2 Å². The number of aliphatic hydroxyl groups is 1. The van der Waals surface area contributed by atoms with Crippen molar-refractivity contribution in [1.29, 1.82) is 0 Å². The second-order valence-electron chi connectivity index (χ2n) is 6.41. The van der Waals surface area contributed by atoms with Crippen molar-refractivity contribution in [2.75, 3.05) is 0 Å². The zero-order valence-electron chi connectivity index (χ0n) is 11.6. The van der Waals surface area contributed by atoms with Gasteiger partial charge in [0.25, 0.3) is 0 Å². The summed E-state index contributed by atoms with van der Waals surface area (Å²) in [4.78, 5) is 0.512. The first-order valence-corrected chi connectivity index (χ1v) is 8.71. The van der Waals surface area contributed by atoms with Gasteiger partial charge < -0.3 is 0 Å². The average Bonchev–Trinajstić information content (AvgIpc) is 2.32. The first kappa shape index (κ1) is 14.1. The van der Waals surface area contributed by atoms with Crippen molar-refractivity contribution in [2.24, 2.45) is 11.3 Å². The van der Waals surface area contributed by atoms with Gasteiger partial charge in [-0.25, -0.2) is 0 Å². The molecule has 0 amide bonds. The molecule has 0 radical (unpaired) electrons. The zero-order chi connectivity index (χ0) is 13.2. The van der Waals surface area contributed by atoms with E-state index in [1.807, 2.05) is 0 Å². The summed E-state index contributed by atoms with van der Waals surface area (Å²) < 4.78 is 1.42. The third kappa shape index (κ3) is 3.60. The first-order valence-electron chi connectivity index (χ1n) is 6.86. The van der Waals surface area contributed by atoms with Crippen molar-refractivity contribution in [2.45, 2.75) is 51.0 Å². The van der Waals surface area contributed by atoms with Gasteiger partial charge in [0, 0.05) is 0 Å². The van der Waals surface area contributed by atoms with Crippen molar-refractivity contribution >= 4 is 19.4 Å². The third-order valence-electron chi connectivity index (χ3n) is 4.01.